The van der Waals surface area contributed by atoms with Gasteiger partial charge in [-0.1, -0.05) is 6.92 Å². The number of rotatable bonds is 4. The Morgan fingerprint density at radius 2 is 2.12 bits per heavy atom. The van der Waals surface area contributed by atoms with Gasteiger partial charge in [0, 0.05) is 29.9 Å². The summed E-state index contributed by atoms with van der Waals surface area (Å²) >= 11 is 1.80. The summed E-state index contributed by atoms with van der Waals surface area (Å²) < 4.78 is 5.94. The molecule has 4 rings (SSSR count). The van der Waals surface area contributed by atoms with E-state index in [0.29, 0.717) is 24.4 Å². The highest BCUT2D eigenvalue weighted by Crippen LogP contribution is 2.35. The monoisotopic (exact) mass is 348 g/mol. The fourth-order valence-electron chi connectivity index (χ4n) is 4.85. The number of likely N-dealkylation sites (N-methyl/N-ethyl adjacent to an activating group) is 1. The molecule has 2 fully saturated rings. The summed E-state index contributed by atoms with van der Waals surface area (Å²) in [5.41, 5.74) is 1.26. The summed E-state index contributed by atoms with van der Waals surface area (Å²) in [7, 11) is 0. The smallest absolute Gasteiger partial charge is 0.225 e. The molecule has 0 saturated carbocycles. The first-order chi connectivity index (χ1) is 11.8. The number of nitrogens with zero attached hydrogens (tertiary/aromatic N) is 2. The lowest BCUT2D eigenvalue weighted by molar-refractivity contribution is -0.136. The van der Waals surface area contributed by atoms with Gasteiger partial charge in [0.2, 0.25) is 5.91 Å². The summed E-state index contributed by atoms with van der Waals surface area (Å²) in [5, 5.41) is 2.13. The van der Waals surface area contributed by atoms with Crippen LogP contribution in [0.25, 0.3) is 0 Å². The minimum atomic E-state index is -0.0281. The van der Waals surface area contributed by atoms with E-state index >= 15 is 0 Å². The minimum Gasteiger partial charge on any atom is -0.373 e. The molecule has 0 aromatic carbocycles. The predicted octanol–water partition coefficient (Wildman–Crippen LogP) is 3.23. The molecule has 1 amide bonds. The number of likely N-dealkylation sites (tertiary alicyclic amines) is 2. The Morgan fingerprint density at radius 1 is 1.29 bits per heavy atom. The van der Waals surface area contributed by atoms with Crippen LogP contribution in [-0.4, -0.2) is 54.0 Å². The zero-order valence-corrected chi connectivity index (χ0v) is 15.4. The molecule has 2 saturated heterocycles. The third-order valence-corrected chi connectivity index (χ3v) is 7.02. The highest BCUT2D eigenvalue weighted by molar-refractivity contribution is 7.10. The molecule has 4 nitrogen and oxygen atoms in total. The van der Waals surface area contributed by atoms with E-state index in [4.69, 9.17) is 4.74 Å². The number of fused-ring (bicyclic) bond motifs is 1. The largest absolute Gasteiger partial charge is 0.373 e. The number of ether oxygens (including phenoxy) is 1. The van der Waals surface area contributed by atoms with E-state index in [0.717, 1.165) is 32.5 Å². The van der Waals surface area contributed by atoms with Crippen molar-refractivity contribution in [3.63, 3.8) is 0 Å². The van der Waals surface area contributed by atoms with Crippen molar-refractivity contribution in [2.45, 2.75) is 63.6 Å². The molecule has 3 aliphatic heterocycles. The van der Waals surface area contributed by atoms with E-state index in [2.05, 4.69) is 28.2 Å². The van der Waals surface area contributed by atoms with Gasteiger partial charge in [0.25, 0.3) is 0 Å². The molecule has 3 atom stereocenters. The van der Waals surface area contributed by atoms with Gasteiger partial charge in [-0.3, -0.25) is 9.69 Å². The number of amides is 1. The van der Waals surface area contributed by atoms with E-state index in [-0.39, 0.29) is 6.10 Å². The van der Waals surface area contributed by atoms with Crippen molar-refractivity contribution in [1.82, 2.24) is 9.80 Å². The van der Waals surface area contributed by atoms with Crippen LogP contribution in [0, 0.1) is 0 Å². The zero-order chi connectivity index (χ0) is 16.5. The summed E-state index contributed by atoms with van der Waals surface area (Å²) in [6.45, 7) is 6.23. The lowest BCUT2D eigenvalue weighted by atomic mass is 10.0. The van der Waals surface area contributed by atoms with Crippen molar-refractivity contribution in [3.05, 3.63) is 21.9 Å². The van der Waals surface area contributed by atoms with Crippen LogP contribution in [0.3, 0.4) is 0 Å². The maximum atomic E-state index is 13.0. The quantitative estimate of drug-likeness (QED) is 0.837. The second kappa shape index (κ2) is 7.14. The molecule has 5 heteroatoms. The molecule has 0 spiro atoms. The van der Waals surface area contributed by atoms with Crippen LogP contribution >= 0.6 is 11.3 Å². The van der Waals surface area contributed by atoms with Crippen molar-refractivity contribution in [3.8, 4) is 0 Å². The summed E-state index contributed by atoms with van der Waals surface area (Å²) in [5.74, 6) is 0.296. The number of carbonyl (C=O) groups is 1. The fraction of sp³-hybridized carbons (Fsp3) is 0.737. The van der Waals surface area contributed by atoms with E-state index < -0.39 is 0 Å². The zero-order valence-electron chi connectivity index (χ0n) is 14.6. The molecule has 0 bridgehead atoms. The van der Waals surface area contributed by atoms with Crippen LogP contribution < -0.4 is 0 Å². The average molecular weight is 349 g/mol. The standard InChI is InChI=1S/C19H28N2O2S/c1-2-20-9-3-5-15(20)16-6-4-10-21(16)19(22)13-17-14-8-12-24-18(14)7-11-23-17/h8,12,15-17H,2-7,9-11,13H2,1H3/t15-,16-,17+/m1/s1. The lowest BCUT2D eigenvalue weighted by Crippen LogP contribution is -2.48. The lowest BCUT2D eigenvalue weighted by Gasteiger charge is -2.35. The highest BCUT2D eigenvalue weighted by atomic mass is 32.1. The van der Waals surface area contributed by atoms with Gasteiger partial charge in [-0.05, 0) is 55.8 Å². The van der Waals surface area contributed by atoms with E-state index in [1.807, 2.05) is 0 Å². The Hall–Kier alpha value is -0.910. The fourth-order valence-corrected chi connectivity index (χ4v) is 5.77. The van der Waals surface area contributed by atoms with Gasteiger partial charge in [0.1, 0.15) is 0 Å². The second-order valence-corrected chi connectivity index (χ2v) is 8.25. The second-order valence-electron chi connectivity index (χ2n) is 7.25. The molecule has 3 aliphatic rings. The van der Waals surface area contributed by atoms with Crippen LogP contribution in [0.2, 0.25) is 0 Å². The highest BCUT2D eigenvalue weighted by Gasteiger charge is 2.39. The number of carbonyl (C=O) groups excluding carboxylic acids is 1. The average Bonchev–Trinajstić information content (AvgIpc) is 3.33. The first-order valence-corrected chi connectivity index (χ1v) is 10.4. The van der Waals surface area contributed by atoms with Gasteiger partial charge in [-0.25, -0.2) is 0 Å². The molecule has 0 aliphatic carbocycles. The van der Waals surface area contributed by atoms with Crippen molar-refractivity contribution < 1.29 is 9.53 Å². The van der Waals surface area contributed by atoms with Crippen LogP contribution in [0.5, 0.6) is 0 Å². The van der Waals surface area contributed by atoms with Gasteiger partial charge >= 0.3 is 0 Å². The summed E-state index contributed by atoms with van der Waals surface area (Å²) in [6, 6.07) is 3.14. The molecule has 1 aromatic heterocycles. The SMILES string of the molecule is CCN1CCC[C@@H]1[C@H]1CCCN1C(=O)C[C@@H]1OCCc2sccc21. The molecule has 1 aromatic rings. The molecule has 0 radical (unpaired) electrons. The molecular formula is C19H28N2O2S. The van der Waals surface area contributed by atoms with Crippen molar-refractivity contribution in [2.24, 2.45) is 0 Å². The van der Waals surface area contributed by atoms with Gasteiger partial charge in [0.15, 0.2) is 0 Å². The molecule has 24 heavy (non-hydrogen) atoms. The Balaban J connectivity index is 1.44. The predicted molar refractivity (Wildman–Crippen MR) is 96.3 cm³/mol. The van der Waals surface area contributed by atoms with E-state index in [9.17, 15) is 4.79 Å². The topological polar surface area (TPSA) is 32.8 Å². The third kappa shape index (κ3) is 3.02. The Morgan fingerprint density at radius 3 is 3.00 bits per heavy atom. The van der Waals surface area contributed by atoms with E-state index in [1.54, 1.807) is 11.3 Å². The van der Waals surface area contributed by atoms with Gasteiger partial charge in [-0.15, -0.1) is 11.3 Å². The summed E-state index contributed by atoms with van der Waals surface area (Å²) in [4.78, 5) is 19.2. The third-order valence-electron chi connectivity index (χ3n) is 6.02. The molecule has 132 valence electrons. The van der Waals surface area contributed by atoms with Crippen molar-refractivity contribution in [1.29, 1.82) is 0 Å². The minimum absolute atomic E-state index is 0.0281. The Kier molecular flexibility index (Phi) is 4.93. The maximum absolute atomic E-state index is 13.0. The first kappa shape index (κ1) is 16.6. The molecule has 0 unspecified atom stereocenters. The van der Waals surface area contributed by atoms with Crippen LogP contribution in [0.15, 0.2) is 11.4 Å². The molecule has 4 heterocycles. The number of hydrogen-bond donors (Lipinski definition) is 0. The van der Waals surface area contributed by atoms with Crippen LogP contribution in [0.1, 0.15) is 55.6 Å². The van der Waals surface area contributed by atoms with E-state index in [1.165, 1.54) is 36.2 Å². The molecule has 0 N–H and O–H groups in total. The first-order valence-electron chi connectivity index (χ1n) is 9.49. The van der Waals surface area contributed by atoms with Crippen molar-refractivity contribution >= 4 is 17.2 Å². The van der Waals surface area contributed by atoms with Gasteiger partial charge in [-0.2, -0.15) is 0 Å². The van der Waals surface area contributed by atoms with Crippen LogP contribution in [-0.2, 0) is 16.0 Å². The maximum Gasteiger partial charge on any atom is 0.225 e. The van der Waals surface area contributed by atoms with Gasteiger partial charge < -0.3 is 9.64 Å². The van der Waals surface area contributed by atoms with Crippen LogP contribution in [0.4, 0.5) is 0 Å². The molecular weight excluding hydrogens is 320 g/mol. The van der Waals surface area contributed by atoms with Gasteiger partial charge in [0.05, 0.1) is 19.1 Å². The number of thiophene rings is 1. The van der Waals surface area contributed by atoms with Crippen molar-refractivity contribution in [2.75, 3.05) is 26.2 Å². The number of hydrogen-bond acceptors (Lipinski definition) is 4. The normalized spacial score (nSPS) is 30.7. The summed E-state index contributed by atoms with van der Waals surface area (Å²) in [6.07, 6.45) is 6.33. The Labute approximate surface area is 148 Å². The Bertz CT molecular complexity index is 588.